The van der Waals surface area contributed by atoms with Gasteiger partial charge in [0.05, 0.1) is 0 Å². The first-order valence-electron chi connectivity index (χ1n) is 6.35. The van der Waals surface area contributed by atoms with Gasteiger partial charge in [0.1, 0.15) is 5.75 Å². The van der Waals surface area contributed by atoms with Crippen molar-refractivity contribution in [3.8, 4) is 5.75 Å². The smallest absolute Gasteiger partial charge is 0.311 e. The molecule has 1 rings (SSSR count). The van der Waals surface area contributed by atoms with E-state index in [2.05, 4.69) is 13.8 Å². The number of esters is 1. The van der Waals surface area contributed by atoms with E-state index in [0.717, 1.165) is 32.1 Å². The van der Waals surface area contributed by atoms with Gasteiger partial charge in [-0.25, -0.2) is 0 Å². The molecule has 0 unspecified atom stereocenters. The molecule has 0 saturated carbocycles. The van der Waals surface area contributed by atoms with Gasteiger partial charge in [0, 0.05) is 6.42 Å². The van der Waals surface area contributed by atoms with Crippen molar-refractivity contribution in [3.05, 3.63) is 36.8 Å². The number of ether oxygens (including phenoxy) is 1. The molecular weight excluding hydrogens is 212 g/mol. The van der Waals surface area contributed by atoms with E-state index < -0.39 is 0 Å². The fraction of sp³-hybridized carbons (Fsp3) is 0.467. The van der Waals surface area contributed by atoms with E-state index in [-0.39, 0.29) is 5.97 Å². The molecule has 0 spiro atoms. The van der Waals surface area contributed by atoms with Crippen LogP contribution in [0.5, 0.6) is 5.75 Å². The average Bonchev–Trinajstić information content (AvgIpc) is 2.35. The number of benzene rings is 1. The first-order valence-corrected chi connectivity index (χ1v) is 6.35. The largest absolute Gasteiger partial charge is 0.427 e. The lowest BCUT2D eigenvalue weighted by atomic mass is 10.1. The summed E-state index contributed by atoms with van der Waals surface area (Å²) in [6.45, 7) is 5.88. The fourth-order valence-electron chi connectivity index (χ4n) is 1.56. The van der Waals surface area contributed by atoms with E-state index in [1.807, 2.05) is 24.3 Å². The Balaban J connectivity index is 2.42. The summed E-state index contributed by atoms with van der Waals surface area (Å²) in [6, 6.07) is 7.75. The van der Waals surface area contributed by atoms with Gasteiger partial charge in [-0.1, -0.05) is 38.8 Å². The Morgan fingerprint density at radius 2 is 1.94 bits per heavy atom. The van der Waals surface area contributed by atoms with Crippen molar-refractivity contribution in [1.29, 1.82) is 0 Å². The zero-order valence-electron chi connectivity index (χ0n) is 10.6. The van der Waals surface area contributed by atoms with Gasteiger partial charge in [0.25, 0.3) is 0 Å². The average molecular weight is 233 g/mol. The highest BCUT2D eigenvalue weighted by Gasteiger charge is 2.03. The lowest BCUT2D eigenvalue weighted by Crippen LogP contribution is -2.07. The normalized spacial score (nSPS) is 10.2. The molecule has 0 amide bonds. The Hall–Kier alpha value is -1.31. The SMILES string of the molecule is [CH2]CCCc1ccc(OC(=O)CCCC)cc1. The Bertz CT molecular complexity index is 327. The molecule has 0 aliphatic rings. The van der Waals surface area contributed by atoms with E-state index in [9.17, 15) is 4.79 Å². The number of rotatable bonds is 7. The fourth-order valence-corrected chi connectivity index (χ4v) is 1.56. The monoisotopic (exact) mass is 233 g/mol. The molecule has 1 aromatic carbocycles. The second-order valence-electron chi connectivity index (χ2n) is 4.18. The van der Waals surface area contributed by atoms with Crippen molar-refractivity contribution in [2.45, 2.75) is 45.4 Å². The number of hydrogen-bond donors (Lipinski definition) is 0. The number of carbonyl (C=O) groups excluding carboxylic acids is 1. The topological polar surface area (TPSA) is 26.3 Å². The van der Waals surface area contributed by atoms with Gasteiger partial charge in [-0.2, -0.15) is 0 Å². The highest BCUT2D eigenvalue weighted by molar-refractivity contribution is 5.72. The van der Waals surface area contributed by atoms with E-state index in [0.29, 0.717) is 12.2 Å². The minimum atomic E-state index is -0.141. The van der Waals surface area contributed by atoms with Crippen molar-refractivity contribution in [1.82, 2.24) is 0 Å². The molecule has 0 heterocycles. The van der Waals surface area contributed by atoms with Crippen molar-refractivity contribution in [2.24, 2.45) is 0 Å². The van der Waals surface area contributed by atoms with Crippen molar-refractivity contribution >= 4 is 5.97 Å². The molecule has 2 nitrogen and oxygen atoms in total. The van der Waals surface area contributed by atoms with E-state index in [1.54, 1.807) is 0 Å². The predicted octanol–water partition coefficient (Wildman–Crippen LogP) is 3.94. The first kappa shape index (κ1) is 13.8. The molecule has 1 aromatic rings. The summed E-state index contributed by atoms with van der Waals surface area (Å²) in [5.74, 6) is 0.502. The molecule has 0 saturated heterocycles. The van der Waals surface area contributed by atoms with Crippen molar-refractivity contribution in [2.75, 3.05) is 0 Å². The maximum atomic E-state index is 11.4. The number of hydrogen-bond acceptors (Lipinski definition) is 2. The zero-order chi connectivity index (χ0) is 12.5. The molecule has 0 aromatic heterocycles. The summed E-state index contributed by atoms with van der Waals surface area (Å²) >= 11 is 0. The minimum absolute atomic E-state index is 0.141. The van der Waals surface area contributed by atoms with Crippen LogP contribution >= 0.6 is 0 Å². The van der Waals surface area contributed by atoms with E-state index in [1.165, 1.54) is 5.56 Å². The standard InChI is InChI=1S/C15H21O2/c1-3-5-7-13-9-11-14(12-10-13)17-15(16)8-6-4-2/h9-12H,1,3-8H2,2H3. The van der Waals surface area contributed by atoms with Gasteiger partial charge in [0.15, 0.2) is 0 Å². The lowest BCUT2D eigenvalue weighted by molar-refractivity contribution is -0.134. The Kier molecular flexibility index (Phi) is 6.38. The van der Waals surface area contributed by atoms with Crippen LogP contribution in [0.3, 0.4) is 0 Å². The van der Waals surface area contributed by atoms with Crippen molar-refractivity contribution < 1.29 is 9.53 Å². The van der Waals surface area contributed by atoms with Crippen LogP contribution in [0.2, 0.25) is 0 Å². The second-order valence-corrected chi connectivity index (χ2v) is 4.18. The van der Waals surface area contributed by atoms with Gasteiger partial charge in [0.2, 0.25) is 0 Å². The summed E-state index contributed by atoms with van der Waals surface area (Å²) in [4.78, 5) is 11.4. The third-order valence-corrected chi connectivity index (χ3v) is 2.60. The molecule has 17 heavy (non-hydrogen) atoms. The molecule has 1 radical (unpaired) electrons. The Labute approximate surface area is 104 Å². The zero-order valence-corrected chi connectivity index (χ0v) is 10.6. The highest BCUT2D eigenvalue weighted by atomic mass is 16.5. The predicted molar refractivity (Wildman–Crippen MR) is 69.9 cm³/mol. The van der Waals surface area contributed by atoms with Crippen LogP contribution in [0.15, 0.2) is 24.3 Å². The molecular formula is C15H21O2. The molecule has 0 aliphatic carbocycles. The molecule has 0 atom stereocenters. The van der Waals surface area contributed by atoms with Crippen molar-refractivity contribution in [3.63, 3.8) is 0 Å². The summed E-state index contributed by atoms with van der Waals surface area (Å²) in [7, 11) is 0. The minimum Gasteiger partial charge on any atom is -0.427 e. The summed E-state index contributed by atoms with van der Waals surface area (Å²) < 4.78 is 5.22. The van der Waals surface area contributed by atoms with Crippen LogP contribution in [0, 0.1) is 6.92 Å². The Morgan fingerprint density at radius 3 is 2.53 bits per heavy atom. The Morgan fingerprint density at radius 1 is 1.24 bits per heavy atom. The number of carbonyl (C=O) groups is 1. The number of unbranched alkanes of at least 4 members (excludes halogenated alkanes) is 2. The second kappa shape index (κ2) is 7.88. The van der Waals surface area contributed by atoms with Gasteiger partial charge < -0.3 is 4.74 Å². The molecule has 93 valence electrons. The van der Waals surface area contributed by atoms with E-state index >= 15 is 0 Å². The molecule has 2 heteroatoms. The van der Waals surface area contributed by atoms with Crippen LogP contribution in [0.4, 0.5) is 0 Å². The number of aryl methyl sites for hydroxylation is 1. The van der Waals surface area contributed by atoms with Crippen LogP contribution in [-0.4, -0.2) is 5.97 Å². The van der Waals surface area contributed by atoms with Gasteiger partial charge >= 0.3 is 5.97 Å². The molecule has 0 aliphatic heterocycles. The molecule has 0 bridgehead atoms. The van der Waals surface area contributed by atoms with Gasteiger partial charge in [-0.3, -0.25) is 4.79 Å². The maximum absolute atomic E-state index is 11.4. The van der Waals surface area contributed by atoms with Crippen LogP contribution in [-0.2, 0) is 11.2 Å². The third kappa shape index (κ3) is 5.53. The quantitative estimate of drug-likeness (QED) is 0.526. The van der Waals surface area contributed by atoms with Crippen LogP contribution in [0.1, 0.15) is 44.6 Å². The van der Waals surface area contributed by atoms with Gasteiger partial charge in [-0.05, 0) is 37.0 Å². The molecule has 0 fully saturated rings. The van der Waals surface area contributed by atoms with Gasteiger partial charge in [-0.15, -0.1) is 0 Å². The lowest BCUT2D eigenvalue weighted by Gasteiger charge is -2.05. The molecule has 0 N–H and O–H groups in total. The summed E-state index contributed by atoms with van der Waals surface area (Å²) in [6.07, 6.45) is 5.48. The van der Waals surface area contributed by atoms with Crippen LogP contribution < -0.4 is 4.74 Å². The summed E-state index contributed by atoms with van der Waals surface area (Å²) in [5, 5.41) is 0. The summed E-state index contributed by atoms with van der Waals surface area (Å²) in [5.41, 5.74) is 1.27. The third-order valence-electron chi connectivity index (χ3n) is 2.60. The highest BCUT2D eigenvalue weighted by Crippen LogP contribution is 2.14. The van der Waals surface area contributed by atoms with Crippen LogP contribution in [0.25, 0.3) is 0 Å². The van der Waals surface area contributed by atoms with E-state index in [4.69, 9.17) is 4.74 Å². The first-order chi connectivity index (χ1) is 8.26. The maximum Gasteiger partial charge on any atom is 0.311 e.